The Balaban J connectivity index is 2.67. The topological polar surface area (TPSA) is 78.9 Å². The number of carboxylic acid groups (broad SMARTS) is 1. The molecule has 21 heavy (non-hydrogen) atoms. The van der Waals surface area contributed by atoms with E-state index in [-0.39, 0.29) is 6.04 Å². The average molecular weight is 300 g/mol. The van der Waals surface area contributed by atoms with Crippen molar-refractivity contribution in [2.45, 2.75) is 65.1 Å². The first-order chi connectivity index (χ1) is 9.62. The van der Waals surface area contributed by atoms with Crippen molar-refractivity contribution in [3.63, 3.8) is 0 Å². The number of amides is 1. The van der Waals surface area contributed by atoms with Gasteiger partial charge in [-0.05, 0) is 40.5 Å². The van der Waals surface area contributed by atoms with E-state index in [1.807, 2.05) is 0 Å². The Kier molecular flexibility index (Phi) is 6.01. The van der Waals surface area contributed by atoms with Gasteiger partial charge in [0.25, 0.3) is 0 Å². The van der Waals surface area contributed by atoms with Gasteiger partial charge in [-0.1, -0.05) is 6.92 Å². The Labute approximate surface area is 126 Å². The molecule has 0 radical (unpaired) electrons. The molecule has 0 bridgehead atoms. The summed E-state index contributed by atoms with van der Waals surface area (Å²) in [7, 11) is 0. The van der Waals surface area contributed by atoms with E-state index in [0.29, 0.717) is 25.6 Å². The van der Waals surface area contributed by atoms with Gasteiger partial charge >= 0.3 is 12.1 Å². The van der Waals surface area contributed by atoms with Gasteiger partial charge in [0.1, 0.15) is 5.60 Å². The van der Waals surface area contributed by atoms with E-state index >= 15 is 0 Å². The lowest BCUT2D eigenvalue weighted by Gasteiger charge is -2.39. The van der Waals surface area contributed by atoms with Gasteiger partial charge < -0.3 is 15.2 Å². The molecular formula is C15H28N2O4. The van der Waals surface area contributed by atoms with Crippen molar-refractivity contribution in [2.24, 2.45) is 5.92 Å². The maximum atomic E-state index is 11.9. The van der Waals surface area contributed by atoms with E-state index in [0.717, 1.165) is 6.42 Å². The Morgan fingerprint density at radius 1 is 1.38 bits per heavy atom. The van der Waals surface area contributed by atoms with Crippen LogP contribution in [0.15, 0.2) is 0 Å². The Hall–Kier alpha value is -1.30. The van der Waals surface area contributed by atoms with Gasteiger partial charge in [-0.3, -0.25) is 9.69 Å². The second kappa shape index (κ2) is 7.11. The molecule has 1 saturated heterocycles. The molecule has 3 atom stereocenters. The fourth-order valence-corrected chi connectivity index (χ4v) is 2.51. The molecule has 122 valence electrons. The van der Waals surface area contributed by atoms with E-state index in [1.54, 1.807) is 20.8 Å². The normalized spacial score (nSPS) is 25.2. The lowest BCUT2D eigenvalue weighted by molar-refractivity contribution is -0.144. The van der Waals surface area contributed by atoms with Gasteiger partial charge in [-0.25, -0.2) is 4.79 Å². The average Bonchev–Trinajstić information content (AvgIpc) is 2.34. The number of hydrogen-bond donors (Lipinski definition) is 2. The third kappa shape index (κ3) is 5.91. The van der Waals surface area contributed by atoms with Crippen LogP contribution in [-0.4, -0.2) is 52.8 Å². The molecule has 1 aliphatic heterocycles. The molecule has 1 amide bonds. The van der Waals surface area contributed by atoms with Crippen LogP contribution in [0.3, 0.4) is 0 Å². The van der Waals surface area contributed by atoms with Gasteiger partial charge in [0.05, 0.1) is 5.92 Å². The minimum atomic E-state index is -0.806. The maximum absolute atomic E-state index is 11.9. The van der Waals surface area contributed by atoms with Crippen LogP contribution in [-0.2, 0) is 9.53 Å². The lowest BCUT2D eigenvalue weighted by atomic mass is 9.93. The standard InChI is InChI=1S/C15H28N2O4/c1-6-10(2)17-8-11(13(18)19)7-12(9-17)16-14(20)21-15(3,4)5/h10-12H,6-9H2,1-5H3,(H,16,20)(H,18,19). The van der Waals surface area contributed by atoms with Crippen LogP contribution in [0.1, 0.15) is 47.5 Å². The van der Waals surface area contributed by atoms with Crippen LogP contribution < -0.4 is 5.32 Å². The fraction of sp³-hybridized carbons (Fsp3) is 0.867. The van der Waals surface area contributed by atoms with E-state index in [2.05, 4.69) is 24.1 Å². The Bertz CT molecular complexity index is 378. The predicted molar refractivity (Wildman–Crippen MR) is 80.2 cm³/mol. The SMILES string of the molecule is CCC(C)N1CC(NC(=O)OC(C)(C)C)CC(C(=O)O)C1. The zero-order valence-electron chi connectivity index (χ0n) is 13.7. The number of carbonyl (C=O) groups is 2. The monoisotopic (exact) mass is 300 g/mol. The van der Waals surface area contributed by atoms with Crippen molar-refractivity contribution < 1.29 is 19.4 Å². The number of alkyl carbamates (subject to hydrolysis) is 1. The molecule has 3 unspecified atom stereocenters. The number of ether oxygens (including phenoxy) is 1. The highest BCUT2D eigenvalue weighted by Crippen LogP contribution is 2.21. The van der Waals surface area contributed by atoms with Crippen molar-refractivity contribution in [3.05, 3.63) is 0 Å². The second-order valence-corrected chi connectivity index (χ2v) is 6.83. The van der Waals surface area contributed by atoms with Gasteiger partial charge in [0.15, 0.2) is 0 Å². The Morgan fingerprint density at radius 2 is 2.00 bits per heavy atom. The summed E-state index contributed by atoms with van der Waals surface area (Å²) in [5.74, 6) is -1.26. The number of hydrogen-bond acceptors (Lipinski definition) is 4. The summed E-state index contributed by atoms with van der Waals surface area (Å²) >= 11 is 0. The highest BCUT2D eigenvalue weighted by Gasteiger charge is 2.34. The van der Waals surface area contributed by atoms with Crippen LogP contribution in [0.25, 0.3) is 0 Å². The summed E-state index contributed by atoms with van der Waals surface area (Å²) in [4.78, 5) is 25.3. The highest BCUT2D eigenvalue weighted by molar-refractivity contribution is 5.71. The Morgan fingerprint density at radius 3 is 2.48 bits per heavy atom. The van der Waals surface area contributed by atoms with Crippen LogP contribution in [0, 0.1) is 5.92 Å². The molecular weight excluding hydrogens is 272 g/mol. The summed E-state index contributed by atoms with van der Waals surface area (Å²) in [6.45, 7) is 10.8. The molecule has 0 aromatic rings. The van der Waals surface area contributed by atoms with Crippen molar-refractivity contribution >= 4 is 12.1 Å². The van der Waals surface area contributed by atoms with Crippen molar-refractivity contribution in [1.82, 2.24) is 10.2 Å². The molecule has 0 aromatic heterocycles. The quantitative estimate of drug-likeness (QED) is 0.831. The first-order valence-corrected chi connectivity index (χ1v) is 7.58. The van der Waals surface area contributed by atoms with E-state index in [4.69, 9.17) is 4.74 Å². The molecule has 0 saturated carbocycles. The number of likely N-dealkylation sites (tertiary alicyclic amines) is 1. The van der Waals surface area contributed by atoms with E-state index in [9.17, 15) is 14.7 Å². The zero-order valence-corrected chi connectivity index (χ0v) is 13.7. The van der Waals surface area contributed by atoms with E-state index < -0.39 is 23.6 Å². The molecule has 0 spiro atoms. The van der Waals surface area contributed by atoms with Crippen molar-refractivity contribution in [1.29, 1.82) is 0 Å². The largest absolute Gasteiger partial charge is 0.481 e. The summed E-state index contributed by atoms with van der Waals surface area (Å²) in [5, 5.41) is 12.1. The van der Waals surface area contributed by atoms with Crippen molar-refractivity contribution in [3.8, 4) is 0 Å². The molecule has 6 nitrogen and oxygen atoms in total. The van der Waals surface area contributed by atoms with Crippen LogP contribution in [0.4, 0.5) is 4.79 Å². The zero-order chi connectivity index (χ0) is 16.2. The minimum absolute atomic E-state index is 0.191. The van der Waals surface area contributed by atoms with Gasteiger partial charge in [0.2, 0.25) is 0 Å². The third-order valence-electron chi connectivity index (χ3n) is 3.76. The summed E-state index contributed by atoms with van der Waals surface area (Å²) in [6, 6.07) is 0.110. The molecule has 0 aliphatic carbocycles. The number of rotatable bonds is 4. The first kappa shape index (κ1) is 17.8. The molecule has 1 aliphatic rings. The minimum Gasteiger partial charge on any atom is -0.481 e. The van der Waals surface area contributed by atoms with Crippen molar-refractivity contribution in [2.75, 3.05) is 13.1 Å². The number of piperidine rings is 1. The number of aliphatic carboxylic acids is 1. The van der Waals surface area contributed by atoms with Crippen LogP contribution in [0.5, 0.6) is 0 Å². The third-order valence-corrected chi connectivity index (χ3v) is 3.76. The number of nitrogens with zero attached hydrogens (tertiary/aromatic N) is 1. The molecule has 0 aromatic carbocycles. The molecule has 1 fully saturated rings. The second-order valence-electron chi connectivity index (χ2n) is 6.83. The van der Waals surface area contributed by atoms with E-state index in [1.165, 1.54) is 0 Å². The fourth-order valence-electron chi connectivity index (χ4n) is 2.51. The summed E-state index contributed by atoms with van der Waals surface area (Å²) < 4.78 is 5.24. The van der Waals surface area contributed by atoms with Crippen LogP contribution in [0.2, 0.25) is 0 Å². The summed E-state index contributed by atoms with van der Waals surface area (Å²) in [6.07, 6.45) is 0.912. The smallest absolute Gasteiger partial charge is 0.407 e. The van der Waals surface area contributed by atoms with Gasteiger partial charge in [0, 0.05) is 25.2 Å². The highest BCUT2D eigenvalue weighted by atomic mass is 16.6. The summed E-state index contributed by atoms with van der Waals surface area (Å²) in [5.41, 5.74) is -0.554. The lowest BCUT2D eigenvalue weighted by Crippen LogP contribution is -2.55. The molecule has 1 heterocycles. The number of nitrogens with one attached hydrogen (secondary N) is 1. The molecule has 6 heteroatoms. The first-order valence-electron chi connectivity index (χ1n) is 7.58. The van der Waals surface area contributed by atoms with Gasteiger partial charge in [-0.2, -0.15) is 0 Å². The number of carbonyl (C=O) groups excluding carboxylic acids is 1. The maximum Gasteiger partial charge on any atom is 0.407 e. The predicted octanol–water partition coefficient (Wildman–Crippen LogP) is 2.08. The number of carboxylic acids is 1. The van der Waals surface area contributed by atoms with Gasteiger partial charge in [-0.15, -0.1) is 0 Å². The molecule has 1 rings (SSSR count). The molecule has 2 N–H and O–H groups in total. The van der Waals surface area contributed by atoms with Crippen LogP contribution >= 0.6 is 0 Å².